The van der Waals surface area contributed by atoms with E-state index in [4.69, 9.17) is 4.74 Å². The molecular formula is C23H30LiN3O5. The molecular weight excluding hydrogens is 405 g/mol. The van der Waals surface area contributed by atoms with E-state index in [1.807, 2.05) is 36.9 Å². The van der Waals surface area contributed by atoms with Gasteiger partial charge in [-0.1, -0.05) is 6.92 Å². The van der Waals surface area contributed by atoms with Crippen LogP contribution in [0, 0.1) is 6.92 Å². The normalized spacial score (nSPS) is 16.6. The van der Waals surface area contributed by atoms with Crippen molar-refractivity contribution in [3.05, 3.63) is 29.5 Å². The molecule has 1 aromatic heterocycles. The second kappa shape index (κ2) is 11.6. The first-order chi connectivity index (χ1) is 14.8. The van der Waals surface area contributed by atoms with E-state index in [1.165, 1.54) is 4.90 Å². The van der Waals surface area contributed by atoms with E-state index < -0.39 is 12.0 Å². The molecule has 1 aliphatic heterocycles. The molecule has 0 aliphatic carbocycles. The molecule has 0 spiro atoms. The van der Waals surface area contributed by atoms with Crippen molar-refractivity contribution in [2.45, 2.75) is 45.6 Å². The predicted octanol–water partition coefficient (Wildman–Crippen LogP) is -1.95. The van der Waals surface area contributed by atoms with Gasteiger partial charge in [0.1, 0.15) is 11.5 Å². The van der Waals surface area contributed by atoms with Crippen LogP contribution in [-0.2, 0) is 20.8 Å². The van der Waals surface area contributed by atoms with E-state index in [-0.39, 0.29) is 43.5 Å². The van der Waals surface area contributed by atoms with Crippen molar-refractivity contribution in [3.63, 3.8) is 0 Å². The number of H-pyrrole nitrogens is 1. The van der Waals surface area contributed by atoms with Gasteiger partial charge in [-0.3, -0.25) is 14.5 Å². The third kappa shape index (κ3) is 5.94. The molecule has 1 fully saturated rings. The van der Waals surface area contributed by atoms with Crippen molar-refractivity contribution in [3.8, 4) is 5.75 Å². The van der Waals surface area contributed by atoms with Crippen LogP contribution >= 0.6 is 0 Å². The molecule has 32 heavy (non-hydrogen) atoms. The number of methoxy groups -OCH3 is 1. The maximum Gasteiger partial charge on any atom is 1.00 e. The standard InChI is InChI=1S/C23H31N3O5.Li/c1-4-16(27)6-5-9-25-10-11-26(21(14-25)23(29)30)22(28)13-18-15(2)24-20-8-7-17(31-3)12-19(18)20;/h7-8,12,21,24H,4-6,9-11,13-14H2,1-3H3,(H,29,30);/q;+1/p-1. The molecule has 1 saturated heterocycles. The monoisotopic (exact) mass is 435 g/mol. The number of piperazine rings is 1. The zero-order chi connectivity index (χ0) is 22.5. The van der Waals surface area contributed by atoms with Crippen molar-refractivity contribution in [1.82, 2.24) is 14.8 Å². The number of benzene rings is 1. The molecule has 1 aromatic carbocycles. The van der Waals surface area contributed by atoms with Gasteiger partial charge in [0.05, 0.1) is 25.5 Å². The number of nitrogens with zero attached hydrogens (tertiary/aromatic N) is 2. The summed E-state index contributed by atoms with van der Waals surface area (Å²) in [7, 11) is 1.59. The Morgan fingerprint density at radius 3 is 2.66 bits per heavy atom. The van der Waals surface area contributed by atoms with Crippen LogP contribution in [0.4, 0.5) is 0 Å². The topological polar surface area (TPSA) is 106 Å². The smallest absolute Gasteiger partial charge is 0.548 e. The van der Waals surface area contributed by atoms with Crippen molar-refractivity contribution in [1.29, 1.82) is 0 Å². The molecule has 1 unspecified atom stereocenters. The van der Waals surface area contributed by atoms with Crippen molar-refractivity contribution < 1.29 is 43.1 Å². The third-order valence-corrected chi connectivity index (χ3v) is 6.04. The molecule has 2 aromatic rings. The summed E-state index contributed by atoms with van der Waals surface area (Å²) in [5, 5.41) is 12.7. The number of aromatic nitrogens is 1. The van der Waals surface area contributed by atoms with Crippen LogP contribution in [0.2, 0.25) is 0 Å². The Balaban J connectivity index is 0.00000363. The number of ether oxygens (including phenoxy) is 1. The maximum absolute atomic E-state index is 13.1. The van der Waals surface area contributed by atoms with Gasteiger partial charge in [-0.15, -0.1) is 0 Å². The number of aliphatic carboxylic acids is 1. The van der Waals surface area contributed by atoms with Crippen LogP contribution in [-0.4, -0.2) is 71.8 Å². The van der Waals surface area contributed by atoms with E-state index in [0.29, 0.717) is 44.6 Å². The first-order valence-electron chi connectivity index (χ1n) is 10.7. The minimum atomic E-state index is -1.25. The molecule has 8 nitrogen and oxygen atoms in total. The quantitative estimate of drug-likeness (QED) is 0.459. The average Bonchev–Trinajstić information content (AvgIpc) is 3.07. The van der Waals surface area contributed by atoms with Gasteiger partial charge < -0.3 is 24.5 Å². The molecule has 168 valence electrons. The summed E-state index contributed by atoms with van der Waals surface area (Å²) in [6, 6.07) is 4.64. The van der Waals surface area contributed by atoms with Gasteiger partial charge in [-0.05, 0) is 43.7 Å². The van der Waals surface area contributed by atoms with Crippen LogP contribution in [0.3, 0.4) is 0 Å². The van der Waals surface area contributed by atoms with Gasteiger partial charge in [-0.2, -0.15) is 0 Å². The Morgan fingerprint density at radius 2 is 2.00 bits per heavy atom. The van der Waals surface area contributed by atoms with Crippen molar-refractivity contribution >= 4 is 28.6 Å². The van der Waals surface area contributed by atoms with Crippen LogP contribution in [0.1, 0.15) is 37.4 Å². The molecule has 1 amide bonds. The second-order valence-corrected chi connectivity index (χ2v) is 8.04. The Kier molecular flexibility index (Phi) is 9.38. The summed E-state index contributed by atoms with van der Waals surface area (Å²) < 4.78 is 5.30. The van der Waals surface area contributed by atoms with E-state index in [1.54, 1.807) is 7.11 Å². The fraction of sp³-hybridized carbons (Fsp3) is 0.522. The first kappa shape index (κ1) is 26.0. The van der Waals surface area contributed by atoms with Crippen LogP contribution in [0.25, 0.3) is 10.9 Å². The minimum Gasteiger partial charge on any atom is -0.548 e. The molecule has 0 bridgehead atoms. The molecule has 0 radical (unpaired) electrons. The number of ketones is 1. The molecule has 1 atom stereocenters. The van der Waals surface area contributed by atoms with Gasteiger partial charge in [0.25, 0.3) is 0 Å². The van der Waals surface area contributed by atoms with Gasteiger partial charge in [0.2, 0.25) is 5.91 Å². The van der Waals surface area contributed by atoms with E-state index in [9.17, 15) is 19.5 Å². The van der Waals surface area contributed by atoms with Crippen molar-refractivity contribution in [2.24, 2.45) is 0 Å². The van der Waals surface area contributed by atoms with Crippen molar-refractivity contribution in [2.75, 3.05) is 33.3 Å². The first-order valence-corrected chi connectivity index (χ1v) is 10.7. The van der Waals surface area contributed by atoms with E-state index in [2.05, 4.69) is 4.98 Å². The third-order valence-electron chi connectivity index (χ3n) is 6.04. The largest absolute Gasteiger partial charge is 1.00 e. The number of carboxylic acids is 1. The zero-order valence-corrected chi connectivity index (χ0v) is 19.4. The fourth-order valence-corrected chi connectivity index (χ4v) is 4.19. The number of aromatic amines is 1. The summed E-state index contributed by atoms with van der Waals surface area (Å²) in [4.78, 5) is 43.1. The number of hydrogen-bond acceptors (Lipinski definition) is 6. The Bertz CT molecular complexity index is 974. The summed E-state index contributed by atoms with van der Waals surface area (Å²) in [5.74, 6) is -0.583. The Morgan fingerprint density at radius 1 is 1.25 bits per heavy atom. The number of Topliss-reactive ketones (excluding diaryl/α,β-unsaturated/α-hetero) is 1. The average molecular weight is 435 g/mol. The van der Waals surface area contributed by atoms with E-state index in [0.717, 1.165) is 22.2 Å². The molecule has 2 heterocycles. The van der Waals surface area contributed by atoms with Gasteiger partial charge in [-0.25, -0.2) is 0 Å². The number of rotatable bonds is 9. The molecule has 0 saturated carbocycles. The molecule has 1 aliphatic rings. The summed E-state index contributed by atoms with van der Waals surface area (Å²) in [5.41, 5.74) is 2.63. The van der Waals surface area contributed by atoms with Gasteiger partial charge in [0, 0.05) is 49.1 Å². The number of carboxylic acid groups (broad SMARTS) is 1. The number of carbonyl (C=O) groups excluding carboxylic acids is 3. The van der Waals surface area contributed by atoms with Gasteiger partial charge in [0.15, 0.2) is 0 Å². The number of fused-ring (bicyclic) bond motifs is 1. The summed E-state index contributed by atoms with van der Waals surface area (Å²) in [6.07, 6.45) is 1.81. The summed E-state index contributed by atoms with van der Waals surface area (Å²) in [6.45, 7) is 5.50. The fourth-order valence-electron chi connectivity index (χ4n) is 4.19. The number of amides is 1. The Labute approximate surface area is 200 Å². The minimum absolute atomic E-state index is 0. The van der Waals surface area contributed by atoms with Gasteiger partial charge >= 0.3 is 18.9 Å². The van der Waals surface area contributed by atoms with Crippen LogP contribution < -0.4 is 28.7 Å². The molecule has 9 heteroatoms. The van der Waals surface area contributed by atoms with Crippen LogP contribution in [0.15, 0.2) is 18.2 Å². The predicted molar refractivity (Wildman–Crippen MR) is 115 cm³/mol. The van der Waals surface area contributed by atoms with E-state index >= 15 is 0 Å². The number of hydrogen-bond donors (Lipinski definition) is 1. The SMILES string of the molecule is CCC(=O)CCCN1CCN(C(=O)Cc2c(C)[nH]c3ccc(OC)cc23)C(C(=O)[O-])C1.[Li+]. The second-order valence-electron chi connectivity index (χ2n) is 8.04. The molecule has 1 N–H and O–H groups in total. The summed E-state index contributed by atoms with van der Waals surface area (Å²) >= 11 is 0. The molecule has 3 rings (SSSR count). The van der Waals surface area contributed by atoms with Crippen LogP contribution in [0.5, 0.6) is 5.75 Å². The number of carbonyl (C=O) groups is 3. The zero-order valence-electron chi connectivity index (χ0n) is 19.4. The maximum atomic E-state index is 13.1. The number of nitrogens with one attached hydrogen (secondary N) is 1. The number of aryl methyl sites for hydroxylation is 1. The Hall–Kier alpha value is -2.27.